The van der Waals surface area contributed by atoms with Crippen LogP contribution in [0.5, 0.6) is 5.75 Å². The zero-order valence-corrected chi connectivity index (χ0v) is 16.9. The monoisotopic (exact) mass is 426 g/mol. The maximum Gasteiger partial charge on any atom is 0.274 e. The third-order valence-corrected chi connectivity index (χ3v) is 4.85. The maximum absolute atomic E-state index is 14.2. The zero-order chi connectivity index (χ0) is 21.6. The van der Waals surface area contributed by atoms with E-state index in [0.29, 0.717) is 11.3 Å². The van der Waals surface area contributed by atoms with E-state index >= 15 is 0 Å². The summed E-state index contributed by atoms with van der Waals surface area (Å²) in [4.78, 5) is 19.9. The van der Waals surface area contributed by atoms with E-state index in [4.69, 9.17) is 10.5 Å². The number of benzene rings is 1. The summed E-state index contributed by atoms with van der Waals surface area (Å²) in [5.41, 5.74) is 6.37. The minimum atomic E-state index is -1.10. The molecule has 2 rings (SSSR count). The molecule has 1 aromatic carbocycles. The first-order valence-corrected chi connectivity index (χ1v) is 9.45. The summed E-state index contributed by atoms with van der Waals surface area (Å²) in [6.07, 6.45) is 1.49. The molecular formula is C19H21F3N4O2S. The number of thioether (sulfide) groups is 1. The molecule has 0 saturated heterocycles. The number of alkyl halides is 1. The molecular weight excluding hydrogens is 405 g/mol. The summed E-state index contributed by atoms with van der Waals surface area (Å²) in [6, 6.07) is 3.88. The largest absolute Gasteiger partial charge is 0.495 e. The normalized spacial score (nSPS) is 12.6. The number of aryl methyl sites for hydroxylation is 1. The molecule has 0 spiro atoms. The number of halogens is 3. The van der Waals surface area contributed by atoms with Gasteiger partial charge in [-0.05, 0) is 36.6 Å². The molecule has 6 nitrogen and oxygen atoms in total. The molecule has 0 aliphatic heterocycles. The van der Waals surface area contributed by atoms with Crippen molar-refractivity contribution >= 4 is 28.5 Å². The second kappa shape index (κ2) is 10.1. The maximum atomic E-state index is 14.2. The lowest BCUT2D eigenvalue weighted by atomic mass is 10.1. The van der Waals surface area contributed by atoms with Crippen LogP contribution in [-0.2, 0) is 6.42 Å². The van der Waals surface area contributed by atoms with Crippen molar-refractivity contribution in [2.75, 3.05) is 19.2 Å². The number of hydrogen-bond donors (Lipinski definition) is 2. The number of amides is 1. The molecule has 10 heteroatoms. The van der Waals surface area contributed by atoms with Crippen molar-refractivity contribution in [3.05, 3.63) is 52.9 Å². The number of carbonyl (C=O) groups excluding carboxylic acids is 1. The summed E-state index contributed by atoms with van der Waals surface area (Å²) in [6.45, 7) is 2.46. The van der Waals surface area contributed by atoms with Gasteiger partial charge < -0.3 is 15.8 Å². The van der Waals surface area contributed by atoms with Gasteiger partial charge in [-0.3, -0.25) is 4.79 Å². The smallest absolute Gasteiger partial charge is 0.274 e. The van der Waals surface area contributed by atoms with Crippen LogP contribution in [0.25, 0.3) is 0 Å². The Morgan fingerprint density at radius 2 is 2.10 bits per heavy atom. The first kappa shape index (κ1) is 22.5. The van der Waals surface area contributed by atoms with Gasteiger partial charge in [-0.25, -0.2) is 23.1 Å². The van der Waals surface area contributed by atoms with Crippen molar-refractivity contribution in [3.8, 4) is 5.75 Å². The first-order valence-electron chi connectivity index (χ1n) is 8.57. The number of aromatic nitrogens is 1. The lowest BCUT2D eigenvalue weighted by Crippen LogP contribution is -2.17. The van der Waals surface area contributed by atoms with Gasteiger partial charge in [-0.15, -0.1) is 0 Å². The molecule has 0 radical (unpaired) electrons. The van der Waals surface area contributed by atoms with Gasteiger partial charge >= 0.3 is 0 Å². The van der Waals surface area contributed by atoms with Crippen molar-refractivity contribution in [1.82, 2.24) is 4.98 Å². The number of anilines is 1. The van der Waals surface area contributed by atoms with Gasteiger partial charge in [-0.2, -0.15) is 0 Å². The number of ether oxygens (including phenoxy) is 1. The Bertz CT molecular complexity index is 925. The number of rotatable bonds is 7. The van der Waals surface area contributed by atoms with Gasteiger partial charge in [-0.1, -0.05) is 18.7 Å². The van der Waals surface area contributed by atoms with Crippen LogP contribution in [0.1, 0.15) is 28.5 Å². The number of nitrogens with two attached hydrogens (primary N) is 1. The number of carbonyl (C=O) groups is 1. The van der Waals surface area contributed by atoms with Crippen molar-refractivity contribution in [1.29, 1.82) is 0 Å². The van der Waals surface area contributed by atoms with Gasteiger partial charge in [0, 0.05) is 17.0 Å². The van der Waals surface area contributed by atoms with Crippen LogP contribution in [0.3, 0.4) is 0 Å². The van der Waals surface area contributed by atoms with Crippen molar-refractivity contribution in [3.63, 3.8) is 0 Å². The van der Waals surface area contributed by atoms with E-state index in [2.05, 4.69) is 15.3 Å². The van der Waals surface area contributed by atoms with Gasteiger partial charge in [0.05, 0.1) is 13.3 Å². The minimum absolute atomic E-state index is 0.0198. The average molecular weight is 426 g/mol. The summed E-state index contributed by atoms with van der Waals surface area (Å²) >= 11 is 1.05. The Hall–Kier alpha value is -2.75. The Labute approximate surface area is 170 Å². The van der Waals surface area contributed by atoms with Gasteiger partial charge in [0.15, 0.2) is 23.6 Å². The lowest BCUT2D eigenvalue weighted by molar-refractivity contribution is 0.102. The molecule has 0 bridgehead atoms. The number of amidine groups is 1. The predicted octanol–water partition coefficient (Wildman–Crippen LogP) is 3.84. The van der Waals surface area contributed by atoms with Crippen molar-refractivity contribution in [2.24, 2.45) is 10.7 Å². The van der Waals surface area contributed by atoms with E-state index in [-0.39, 0.29) is 33.8 Å². The molecule has 0 aliphatic carbocycles. The van der Waals surface area contributed by atoms with Crippen LogP contribution in [0.2, 0.25) is 0 Å². The topological polar surface area (TPSA) is 89.6 Å². The van der Waals surface area contributed by atoms with E-state index < -0.39 is 24.3 Å². The number of methoxy groups -OCH3 is 1. The molecule has 0 fully saturated rings. The van der Waals surface area contributed by atoms with E-state index in [9.17, 15) is 18.0 Å². The second-order valence-electron chi connectivity index (χ2n) is 6.17. The molecule has 2 aromatic rings. The third-order valence-electron chi connectivity index (χ3n) is 3.91. The van der Waals surface area contributed by atoms with Gasteiger partial charge in [0.1, 0.15) is 11.4 Å². The fourth-order valence-corrected chi connectivity index (χ4v) is 3.41. The summed E-state index contributed by atoms with van der Waals surface area (Å²) in [5.74, 6) is -2.19. The van der Waals surface area contributed by atoms with Crippen LogP contribution in [-0.4, -0.2) is 35.2 Å². The minimum Gasteiger partial charge on any atom is -0.495 e. The Morgan fingerprint density at radius 1 is 1.38 bits per heavy atom. The molecule has 0 saturated carbocycles. The lowest BCUT2D eigenvalue weighted by Gasteiger charge is -2.14. The number of nitrogens with zero attached hydrogens (tertiary/aromatic N) is 2. The van der Waals surface area contributed by atoms with Crippen LogP contribution >= 0.6 is 11.8 Å². The zero-order valence-electron chi connectivity index (χ0n) is 16.1. The highest BCUT2D eigenvalue weighted by Gasteiger charge is 2.18. The molecule has 29 heavy (non-hydrogen) atoms. The van der Waals surface area contributed by atoms with Crippen molar-refractivity contribution in [2.45, 2.75) is 25.5 Å². The number of hydrogen-bond acceptors (Lipinski definition) is 5. The Balaban J connectivity index is 2.20. The molecule has 1 aromatic heterocycles. The van der Waals surface area contributed by atoms with Gasteiger partial charge in [0.25, 0.3) is 5.91 Å². The molecule has 1 amide bonds. The fourth-order valence-electron chi connectivity index (χ4n) is 2.61. The van der Waals surface area contributed by atoms with E-state index in [0.717, 1.165) is 17.8 Å². The summed E-state index contributed by atoms with van der Waals surface area (Å²) in [5, 5.41) is 2.25. The highest BCUT2D eigenvalue weighted by molar-refractivity contribution is 8.14. The third kappa shape index (κ3) is 6.11. The standard InChI is InChI=1S/C19H21F3N4O2S/c1-10-4-14(28-3)8-24-17(10)18(27)26-13-6-12(16(22)15(21)7-13)5-11(2)29-19(23)25-9-20/h4,6-8,11H,5,9H2,1-3H3,(H2,23,25)(H,26,27). The SMILES string of the molecule is COc1cnc(C(=O)Nc2cc(F)c(F)c(CC(C)S/C(N)=N\CF)c2)c(C)c1. The second-order valence-corrected chi connectivity index (χ2v) is 7.63. The van der Waals surface area contributed by atoms with Gasteiger partial charge in [0.2, 0.25) is 0 Å². The number of pyridine rings is 1. The molecule has 3 N–H and O–H groups in total. The molecule has 1 heterocycles. The number of nitrogens with one attached hydrogen (secondary N) is 1. The van der Waals surface area contributed by atoms with Crippen molar-refractivity contribution < 1.29 is 22.7 Å². The fraction of sp³-hybridized carbons (Fsp3) is 0.316. The molecule has 1 atom stereocenters. The van der Waals surface area contributed by atoms with E-state index in [1.54, 1.807) is 19.9 Å². The number of aliphatic imine (C=N–C) groups is 1. The van der Waals surface area contributed by atoms with Crippen LogP contribution in [0, 0.1) is 18.6 Å². The molecule has 156 valence electrons. The quantitative estimate of drug-likeness (QED) is 0.399. The first-order chi connectivity index (χ1) is 13.7. The Kier molecular flexibility index (Phi) is 7.89. The summed E-state index contributed by atoms with van der Waals surface area (Å²) in [7, 11) is 1.48. The van der Waals surface area contributed by atoms with Crippen LogP contribution in [0.15, 0.2) is 29.4 Å². The summed E-state index contributed by atoms with van der Waals surface area (Å²) < 4.78 is 45.5. The molecule has 1 unspecified atom stereocenters. The van der Waals surface area contributed by atoms with Crippen LogP contribution < -0.4 is 15.8 Å². The molecule has 0 aliphatic rings. The Morgan fingerprint density at radius 3 is 2.72 bits per heavy atom. The highest BCUT2D eigenvalue weighted by atomic mass is 32.2. The highest BCUT2D eigenvalue weighted by Crippen LogP contribution is 2.24. The van der Waals surface area contributed by atoms with Crippen LogP contribution in [0.4, 0.5) is 18.9 Å². The average Bonchev–Trinajstić information content (AvgIpc) is 2.65. The van der Waals surface area contributed by atoms with E-state index in [1.165, 1.54) is 19.4 Å². The van der Waals surface area contributed by atoms with E-state index in [1.807, 2.05) is 0 Å². The predicted molar refractivity (Wildman–Crippen MR) is 108 cm³/mol.